The lowest BCUT2D eigenvalue weighted by atomic mass is 10.2. The van der Waals surface area contributed by atoms with Gasteiger partial charge in [-0.05, 0) is 24.6 Å². The predicted octanol–water partition coefficient (Wildman–Crippen LogP) is 2.08. The zero-order chi connectivity index (χ0) is 14.7. The van der Waals surface area contributed by atoms with Crippen molar-refractivity contribution >= 4 is 5.91 Å². The van der Waals surface area contributed by atoms with Crippen LogP contribution in [0.1, 0.15) is 22.3 Å². The smallest absolute Gasteiger partial charge is 0.255 e. The molecule has 3 rings (SSSR count). The van der Waals surface area contributed by atoms with E-state index >= 15 is 0 Å². The number of ether oxygens (including phenoxy) is 1. The Balaban J connectivity index is 1.60. The van der Waals surface area contributed by atoms with Crippen LogP contribution in [-0.4, -0.2) is 40.0 Å². The second-order valence-electron chi connectivity index (χ2n) is 5.20. The van der Waals surface area contributed by atoms with E-state index in [2.05, 4.69) is 9.97 Å². The number of nitrogens with zero attached hydrogens (tertiary/aromatic N) is 3. The molecule has 1 fully saturated rings. The Bertz CT molecular complexity index is 613. The van der Waals surface area contributed by atoms with Crippen molar-refractivity contribution in [2.75, 3.05) is 13.1 Å². The third kappa shape index (κ3) is 3.18. The molecule has 0 radical (unpaired) electrons. The summed E-state index contributed by atoms with van der Waals surface area (Å²) in [7, 11) is 0. The Kier molecular flexibility index (Phi) is 3.81. The number of hydrogen-bond donors (Lipinski definition) is 0. The fourth-order valence-electron chi connectivity index (χ4n) is 2.38. The van der Waals surface area contributed by atoms with Gasteiger partial charge in [0.05, 0.1) is 12.1 Å². The molecule has 5 nitrogen and oxygen atoms in total. The maximum Gasteiger partial charge on any atom is 0.255 e. The van der Waals surface area contributed by atoms with Gasteiger partial charge in [0.15, 0.2) is 0 Å². The molecular formula is C16H17N3O2. The number of carbonyl (C=O) groups excluding carboxylic acids is 1. The number of carbonyl (C=O) groups is 1. The van der Waals surface area contributed by atoms with Crippen molar-refractivity contribution in [1.82, 2.24) is 14.9 Å². The molecule has 0 aromatic carbocycles. The van der Waals surface area contributed by atoms with Crippen molar-refractivity contribution < 1.29 is 9.53 Å². The second-order valence-corrected chi connectivity index (χ2v) is 5.20. The highest BCUT2D eigenvalue weighted by molar-refractivity contribution is 5.94. The highest BCUT2D eigenvalue weighted by Gasteiger charge is 2.28. The van der Waals surface area contributed by atoms with Gasteiger partial charge < -0.3 is 9.64 Å². The van der Waals surface area contributed by atoms with E-state index in [1.165, 1.54) is 0 Å². The first kappa shape index (κ1) is 13.5. The van der Waals surface area contributed by atoms with Gasteiger partial charge in [0.25, 0.3) is 5.91 Å². The lowest BCUT2D eigenvalue weighted by Gasteiger charge is -2.16. The standard InChI is InChI=1S/C16H17N3O2/c1-12-4-5-15(18-9-12)21-14-6-8-19(11-14)16(20)13-3-2-7-17-10-13/h2-5,7,9-10,14H,6,8,11H2,1H3. The average molecular weight is 283 g/mol. The third-order valence-electron chi connectivity index (χ3n) is 3.51. The number of aryl methyl sites for hydroxylation is 1. The molecule has 1 aliphatic heterocycles. The number of likely N-dealkylation sites (tertiary alicyclic amines) is 1. The molecule has 0 aliphatic carbocycles. The van der Waals surface area contributed by atoms with Gasteiger partial charge in [-0.2, -0.15) is 0 Å². The van der Waals surface area contributed by atoms with Gasteiger partial charge in [-0.1, -0.05) is 6.07 Å². The van der Waals surface area contributed by atoms with Gasteiger partial charge >= 0.3 is 0 Å². The molecule has 21 heavy (non-hydrogen) atoms. The van der Waals surface area contributed by atoms with Crippen LogP contribution in [0.3, 0.4) is 0 Å². The van der Waals surface area contributed by atoms with Crippen LogP contribution in [0.15, 0.2) is 42.9 Å². The van der Waals surface area contributed by atoms with Crippen molar-refractivity contribution in [3.05, 3.63) is 54.0 Å². The summed E-state index contributed by atoms with van der Waals surface area (Å²) in [6.07, 6.45) is 5.86. The number of amides is 1. The van der Waals surface area contributed by atoms with E-state index in [1.807, 2.05) is 19.1 Å². The summed E-state index contributed by atoms with van der Waals surface area (Å²) in [6, 6.07) is 7.38. The van der Waals surface area contributed by atoms with Crippen molar-refractivity contribution in [3.8, 4) is 5.88 Å². The summed E-state index contributed by atoms with van der Waals surface area (Å²) < 4.78 is 5.83. The Labute approximate surface area is 123 Å². The first-order chi connectivity index (χ1) is 10.2. The van der Waals surface area contributed by atoms with Crippen molar-refractivity contribution in [3.63, 3.8) is 0 Å². The van der Waals surface area contributed by atoms with Gasteiger partial charge in [-0.25, -0.2) is 4.98 Å². The van der Waals surface area contributed by atoms with Crippen LogP contribution in [0.4, 0.5) is 0 Å². The van der Waals surface area contributed by atoms with E-state index in [-0.39, 0.29) is 12.0 Å². The molecule has 1 atom stereocenters. The van der Waals surface area contributed by atoms with Crippen LogP contribution >= 0.6 is 0 Å². The molecule has 5 heteroatoms. The van der Waals surface area contributed by atoms with Crippen LogP contribution in [0.25, 0.3) is 0 Å². The highest BCUT2D eigenvalue weighted by Crippen LogP contribution is 2.18. The van der Waals surface area contributed by atoms with E-state index < -0.39 is 0 Å². The van der Waals surface area contributed by atoms with Crippen LogP contribution in [0.2, 0.25) is 0 Å². The molecule has 0 N–H and O–H groups in total. The zero-order valence-corrected chi connectivity index (χ0v) is 11.9. The Morgan fingerprint density at radius 1 is 1.33 bits per heavy atom. The minimum Gasteiger partial charge on any atom is -0.472 e. The van der Waals surface area contributed by atoms with Gasteiger partial charge in [-0.15, -0.1) is 0 Å². The number of aromatic nitrogens is 2. The van der Waals surface area contributed by atoms with Crippen LogP contribution < -0.4 is 4.74 Å². The largest absolute Gasteiger partial charge is 0.472 e. The van der Waals surface area contributed by atoms with Crippen molar-refractivity contribution in [2.24, 2.45) is 0 Å². The van der Waals surface area contributed by atoms with Gasteiger partial charge in [0.1, 0.15) is 6.10 Å². The third-order valence-corrected chi connectivity index (χ3v) is 3.51. The molecule has 3 heterocycles. The minimum atomic E-state index is 0.000766. The van der Waals surface area contributed by atoms with E-state index in [0.29, 0.717) is 24.5 Å². The molecule has 2 aromatic heterocycles. The molecule has 2 aromatic rings. The number of rotatable bonds is 3. The van der Waals surface area contributed by atoms with Gasteiger partial charge in [0, 0.05) is 37.6 Å². The Morgan fingerprint density at radius 2 is 2.24 bits per heavy atom. The van der Waals surface area contributed by atoms with E-state index in [1.54, 1.807) is 35.6 Å². The summed E-state index contributed by atoms with van der Waals surface area (Å²) in [5.74, 6) is 0.618. The van der Waals surface area contributed by atoms with E-state index in [0.717, 1.165) is 12.0 Å². The van der Waals surface area contributed by atoms with Crippen LogP contribution in [0, 0.1) is 6.92 Å². The first-order valence-corrected chi connectivity index (χ1v) is 7.01. The molecule has 0 spiro atoms. The van der Waals surface area contributed by atoms with Crippen molar-refractivity contribution in [1.29, 1.82) is 0 Å². The summed E-state index contributed by atoms with van der Waals surface area (Å²) >= 11 is 0. The number of hydrogen-bond acceptors (Lipinski definition) is 4. The maximum absolute atomic E-state index is 12.3. The van der Waals surface area contributed by atoms with Crippen molar-refractivity contribution in [2.45, 2.75) is 19.4 Å². The van der Waals surface area contributed by atoms with E-state index in [9.17, 15) is 4.79 Å². The summed E-state index contributed by atoms with van der Waals surface area (Å²) in [5, 5.41) is 0. The van der Waals surface area contributed by atoms with Crippen LogP contribution in [-0.2, 0) is 0 Å². The summed E-state index contributed by atoms with van der Waals surface area (Å²) in [5.41, 5.74) is 1.72. The zero-order valence-electron chi connectivity index (χ0n) is 11.9. The van der Waals surface area contributed by atoms with E-state index in [4.69, 9.17) is 4.74 Å². The lowest BCUT2D eigenvalue weighted by Crippen LogP contribution is -2.31. The Morgan fingerprint density at radius 3 is 2.95 bits per heavy atom. The minimum absolute atomic E-state index is 0.000766. The normalized spacial score (nSPS) is 17.8. The molecule has 1 saturated heterocycles. The molecule has 1 unspecified atom stereocenters. The first-order valence-electron chi connectivity index (χ1n) is 7.01. The quantitative estimate of drug-likeness (QED) is 0.865. The summed E-state index contributed by atoms with van der Waals surface area (Å²) in [4.78, 5) is 22.3. The second kappa shape index (κ2) is 5.91. The SMILES string of the molecule is Cc1ccc(OC2CCN(C(=O)c3cccnc3)C2)nc1. The van der Waals surface area contributed by atoms with Crippen LogP contribution in [0.5, 0.6) is 5.88 Å². The monoisotopic (exact) mass is 283 g/mol. The maximum atomic E-state index is 12.3. The average Bonchev–Trinajstić information content (AvgIpc) is 2.98. The topological polar surface area (TPSA) is 55.3 Å². The molecule has 1 amide bonds. The van der Waals surface area contributed by atoms with Gasteiger partial charge in [0.2, 0.25) is 5.88 Å². The fourth-order valence-corrected chi connectivity index (χ4v) is 2.38. The highest BCUT2D eigenvalue weighted by atomic mass is 16.5. The predicted molar refractivity (Wildman–Crippen MR) is 78.1 cm³/mol. The molecular weight excluding hydrogens is 266 g/mol. The lowest BCUT2D eigenvalue weighted by molar-refractivity contribution is 0.0771. The fraction of sp³-hybridized carbons (Fsp3) is 0.312. The Hall–Kier alpha value is -2.43. The molecule has 0 bridgehead atoms. The van der Waals surface area contributed by atoms with Gasteiger partial charge in [-0.3, -0.25) is 9.78 Å². The number of pyridine rings is 2. The molecule has 0 saturated carbocycles. The molecule has 1 aliphatic rings. The summed E-state index contributed by atoms with van der Waals surface area (Å²) in [6.45, 7) is 3.27. The molecule has 108 valence electrons.